The lowest BCUT2D eigenvalue weighted by Crippen LogP contribution is -2.30. The normalized spacial score (nSPS) is 16.9. The number of nitriles is 1. The molecule has 1 aliphatic heterocycles. The molecular weight excluding hydrogens is 461 g/mol. The topological polar surface area (TPSA) is 73.2 Å². The third-order valence-corrected chi connectivity index (χ3v) is 6.47. The third kappa shape index (κ3) is 5.08. The minimum absolute atomic E-state index is 0.172. The van der Waals surface area contributed by atoms with Gasteiger partial charge in [-0.25, -0.2) is 4.39 Å². The van der Waals surface area contributed by atoms with Crippen molar-refractivity contribution < 1.29 is 14.0 Å². The zero-order chi connectivity index (χ0) is 23.4. The van der Waals surface area contributed by atoms with Crippen LogP contribution in [0, 0.1) is 17.1 Å². The molecule has 5 nitrogen and oxygen atoms in total. The van der Waals surface area contributed by atoms with Gasteiger partial charge in [0, 0.05) is 16.4 Å². The molecule has 0 spiro atoms. The molecule has 1 aliphatic rings. The van der Waals surface area contributed by atoms with Crippen LogP contribution >= 0.6 is 23.4 Å². The van der Waals surface area contributed by atoms with Crippen molar-refractivity contribution in [3.05, 3.63) is 106 Å². The van der Waals surface area contributed by atoms with Crippen LogP contribution in [0.2, 0.25) is 5.02 Å². The van der Waals surface area contributed by atoms with E-state index in [1.165, 1.54) is 17.0 Å². The van der Waals surface area contributed by atoms with E-state index < -0.39 is 11.2 Å². The summed E-state index contributed by atoms with van der Waals surface area (Å²) < 4.78 is 13.3. The number of nitrogens with one attached hydrogen (secondary N) is 1. The number of benzene rings is 3. The van der Waals surface area contributed by atoms with Crippen molar-refractivity contribution in [2.24, 2.45) is 0 Å². The number of rotatable bonds is 5. The average Bonchev–Trinajstić information content (AvgIpc) is 3.12. The molecule has 1 fully saturated rings. The molecular formula is C25H17ClFN3O2S. The van der Waals surface area contributed by atoms with Gasteiger partial charge in [0.05, 0.1) is 5.25 Å². The van der Waals surface area contributed by atoms with Crippen LogP contribution in [0.4, 0.5) is 15.8 Å². The van der Waals surface area contributed by atoms with Gasteiger partial charge in [-0.05, 0) is 60.5 Å². The summed E-state index contributed by atoms with van der Waals surface area (Å²) in [5.74, 6) is -1.25. The number of carbonyl (C=O) groups excluding carboxylic acids is 2. The second-order valence-corrected chi connectivity index (χ2v) is 8.83. The Balaban J connectivity index is 1.72. The monoisotopic (exact) mass is 477 g/mol. The van der Waals surface area contributed by atoms with Crippen molar-refractivity contribution in [3.63, 3.8) is 0 Å². The highest BCUT2D eigenvalue weighted by Gasteiger charge is 2.40. The van der Waals surface area contributed by atoms with Crippen molar-refractivity contribution in [2.45, 2.75) is 11.7 Å². The van der Waals surface area contributed by atoms with E-state index in [1.807, 2.05) is 12.1 Å². The molecule has 0 unspecified atom stereocenters. The first-order valence-corrected chi connectivity index (χ1v) is 11.2. The number of amides is 2. The lowest BCUT2D eigenvalue weighted by Gasteiger charge is -2.18. The maximum atomic E-state index is 13.4. The molecule has 8 heteroatoms. The zero-order valence-electron chi connectivity index (χ0n) is 17.2. The van der Waals surface area contributed by atoms with E-state index in [0.29, 0.717) is 22.8 Å². The van der Waals surface area contributed by atoms with Gasteiger partial charge < -0.3 is 5.32 Å². The molecule has 0 saturated carbocycles. The maximum Gasteiger partial charge on any atom is 0.269 e. The fraction of sp³-hybridized carbons (Fsp3) is 0.0800. The molecule has 0 bridgehead atoms. The summed E-state index contributed by atoms with van der Waals surface area (Å²) in [6.45, 7) is 0. The molecule has 1 saturated heterocycles. The van der Waals surface area contributed by atoms with E-state index in [-0.39, 0.29) is 22.3 Å². The molecule has 0 radical (unpaired) electrons. The van der Waals surface area contributed by atoms with Gasteiger partial charge in [0.1, 0.15) is 22.5 Å². The van der Waals surface area contributed by atoms with E-state index in [4.69, 9.17) is 11.6 Å². The molecule has 2 amide bonds. The van der Waals surface area contributed by atoms with Gasteiger partial charge in [-0.1, -0.05) is 53.7 Å². The van der Waals surface area contributed by atoms with Crippen molar-refractivity contribution in [1.29, 1.82) is 5.26 Å². The third-order valence-electron chi connectivity index (χ3n) is 4.96. The van der Waals surface area contributed by atoms with Crippen LogP contribution < -0.4 is 10.2 Å². The SMILES string of the molecule is N#C/C(C(=O)Nc1ccccc1)=C1/S[C@H](Cc2ccc(F)cc2)C(=O)N1c1ccc(Cl)cc1. The van der Waals surface area contributed by atoms with Gasteiger partial charge in [-0.2, -0.15) is 5.26 Å². The molecule has 1 atom stereocenters. The quantitative estimate of drug-likeness (QED) is 0.386. The summed E-state index contributed by atoms with van der Waals surface area (Å²) in [7, 11) is 0. The number of halogens is 2. The fourth-order valence-electron chi connectivity index (χ4n) is 3.36. The van der Waals surface area contributed by atoms with Crippen molar-refractivity contribution in [3.8, 4) is 6.07 Å². The predicted octanol–water partition coefficient (Wildman–Crippen LogP) is 5.54. The lowest BCUT2D eigenvalue weighted by atomic mass is 10.1. The van der Waals surface area contributed by atoms with E-state index in [9.17, 15) is 19.2 Å². The van der Waals surface area contributed by atoms with Gasteiger partial charge >= 0.3 is 0 Å². The minimum atomic E-state index is -0.611. The number of nitrogens with zero attached hydrogens (tertiary/aromatic N) is 2. The largest absolute Gasteiger partial charge is 0.321 e. The maximum absolute atomic E-state index is 13.4. The molecule has 1 N–H and O–H groups in total. The van der Waals surface area contributed by atoms with E-state index in [0.717, 1.165) is 17.3 Å². The highest BCUT2D eigenvalue weighted by molar-refractivity contribution is 8.05. The van der Waals surface area contributed by atoms with E-state index in [1.54, 1.807) is 60.7 Å². The van der Waals surface area contributed by atoms with Gasteiger partial charge in [-0.15, -0.1) is 0 Å². The molecule has 3 aromatic rings. The van der Waals surface area contributed by atoms with Crippen LogP contribution in [0.15, 0.2) is 89.5 Å². The minimum Gasteiger partial charge on any atom is -0.321 e. The van der Waals surface area contributed by atoms with Crippen LogP contribution in [0.3, 0.4) is 0 Å². The number of hydrogen-bond acceptors (Lipinski definition) is 4. The summed E-state index contributed by atoms with van der Waals surface area (Å²) in [6, 6.07) is 23.2. The number of thioether (sulfide) groups is 1. The van der Waals surface area contributed by atoms with Crippen molar-refractivity contribution in [2.75, 3.05) is 10.2 Å². The molecule has 33 heavy (non-hydrogen) atoms. The Bertz CT molecular complexity index is 1260. The first-order valence-electron chi connectivity index (χ1n) is 9.97. The summed E-state index contributed by atoms with van der Waals surface area (Å²) >= 11 is 7.15. The standard InChI is InChI=1S/C25H17ClFN3O2S/c26-17-8-12-20(13-9-17)30-24(32)22(14-16-6-10-18(27)11-7-16)33-25(30)21(15-28)23(31)29-19-4-2-1-3-5-19/h1-13,22H,14H2,(H,29,31)/b25-21-/t22-/m1/s1. The van der Waals surface area contributed by atoms with Crippen LogP contribution in [-0.2, 0) is 16.0 Å². The lowest BCUT2D eigenvalue weighted by molar-refractivity contribution is -0.117. The van der Waals surface area contributed by atoms with Gasteiger partial charge in [0.15, 0.2) is 0 Å². The van der Waals surface area contributed by atoms with Crippen molar-refractivity contribution in [1.82, 2.24) is 0 Å². The van der Waals surface area contributed by atoms with E-state index >= 15 is 0 Å². The Labute approximate surface area is 199 Å². The molecule has 164 valence electrons. The first-order chi connectivity index (χ1) is 16.0. The second-order valence-electron chi connectivity index (χ2n) is 7.20. The molecule has 4 rings (SSSR count). The van der Waals surface area contributed by atoms with Gasteiger partial charge in [0.25, 0.3) is 5.91 Å². The Morgan fingerprint density at radius 1 is 1.06 bits per heavy atom. The number of carbonyl (C=O) groups is 2. The van der Waals surface area contributed by atoms with Crippen LogP contribution in [0.1, 0.15) is 5.56 Å². The fourth-order valence-corrected chi connectivity index (χ4v) is 4.80. The Morgan fingerprint density at radius 3 is 2.36 bits per heavy atom. The number of hydrogen-bond donors (Lipinski definition) is 1. The Kier molecular flexibility index (Phi) is 6.78. The molecule has 0 aliphatic carbocycles. The van der Waals surface area contributed by atoms with Crippen LogP contribution in [0.5, 0.6) is 0 Å². The zero-order valence-corrected chi connectivity index (χ0v) is 18.7. The Hall–Kier alpha value is -3.60. The average molecular weight is 478 g/mol. The summed E-state index contributed by atoms with van der Waals surface area (Å²) in [6.07, 6.45) is 0.316. The highest BCUT2D eigenvalue weighted by atomic mass is 35.5. The molecule has 1 heterocycles. The van der Waals surface area contributed by atoms with Crippen molar-refractivity contribution >= 4 is 46.6 Å². The molecule has 0 aromatic heterocycles. The Morgan fingerprint density at radius 2 is 1.73 bits per heavy atom. The van der Waals surface area contributed by atoms with Crippen LogP contribution in [0.25, 0.3) is 0 Å². The number of para-hydroxylation sites is 1. The van der Waals surface area contributed by atoms with Crippen LogP contribution in [-0.4, -0.2) is 17.1 Å². The summed E-state index contributed by atoms with van der Waals surface area (Å²) in [4.78, 5) is 27.7. The smallest absolute Gasteiger partial charge is 0.269 e. The predicted molar refractivity (Wildman–Crippen MR) is 128 cm³/mol. The summed E-state index contributed by atoms with van der Waals surface area (Å²) in [5, 5.41) is 12.7. The number of anilines is 2. The highest BCUT2D eigenvalue weighted by Crippen LogP contribution is 2.42. The van der Waals surface area contributed by atoms with Gasteiger partial charge in [-0.3, -0.25) is 14.5 Å². The second kappa shape index (κ2) is 9.90. The first kappa shape index (κ1) is 22.6. The van der Waals surface area contributed by atoms with E-state index in [2.05, 4.69) is 5.32 Å². The van der Waals surface area contributed by atoms with Gasteiger partial charge in [0.2, 0.25) is 5.91 Å². The molecule has 3 aromatic carbocycles. The summed E-state index contributed by atoms with van der Waals surface area (Å²) in [5.41, 5.74) is 1.63.